The Bertz CT molecular complexity index is 619. The van der Waals surface area contributed by atoms with E-state index in [1.807, 2.05) is 50.1 Å². The van der Waals surface area contributed by atoms with Gasteiger partial charge in [0, 0.05) is 18.3 Å². The number of halogens is 1. The van der Waals surface area contributed by atoms with Gasteiger partial charge in [-0.25, -0.2) is 9.97 Å². The molecule has 0 fully saturated rings. The smallest absolute Gasteiger partial charge is 0.170 e. The van der Waals surface area contributed by atoms with Gasteiger partial charge in [0.25, 0.3) is 0 Å². The molecular weight excluding hydrogens is 265 g/mol. The number of hydrogen-bond donors (Lipinski definition) is 1. The van der Waals surface area contributed by atoms with Gasteiger partial charge in [-0.2, -0.15) is 4.39 Å². The Morgan fingerprint density at radius 3 is 2.81 bits per heavy atom. The van der Waals surface area contributed by atoms with Crippen molar-refractivity contribution in [3.05, 3.63) is 59.9 Å². The van der Waals surface area contributed by atoms with Gasteiger partial charge in [-0.1, -0.05) is 30.4 Å². The van der Waals surface area contributed by atoms with Crippen molar-refractivity contribution in [1.29, 1.82) is 0 Å². The number of allylic oxidation sites excluding steroid dienone is 6. The highest BCUT2D eigenvalue weighted by atomic mass is 19.1. The Balaban J connectivity index is 2.73. The molecule has 0 radical (unpaired) electrons. The van der Waals surface area contributed by atoms with Crippen molar-refractivity contribution in [2.75, 3.05) is 11.9 Å². The van der Waals surface area contributed by atoms with Gasteiger partial charge in [-0.15, -0.1) is 6.42 Å². The van der Waals surface area contributed by atoms with Crippen molar-refractivity contribution >= 4 is 11.9 Å². The summed E-state index contributed by atoms with van der Waals surface area (Å²) in [5.41, 5.74) is 0.825. The van der Waals surface area contributed by atoms with E-state index in [-0.39, 0.29) is 6.54 Å². The van der Waals surface area contributed by atoms with Crippen LogP contribution in [0.3, 0.4) is 0 Å². The Hall–Kier alpha value is -2.67. The lowest BCUT2D eigenvalue weighted by Gasteiger charge is -2.04. The van der Waals surface area contributed by atoms with Crippen molar-refractivity contribution in [3.8, 4) is 12.3 Å². The van der Waals surface area contributed by atoms with Crippen molar-refractivity contribution in [2.45, 2.75) is 13.8 Å². The summed E-state index contributed by atoms with van der Waals surface area (Å²) in [4.78, 5) is 8.61. The number of nitrogens with zero attached hydrogens (tertiary/aromatic N) is 2. The number of aryl methyl sites for hydroxylation is 1. The average molecular weight is 283 g/mol. The summed E-state index contributed by atoms with van der Waals surface area (Å²) in [6.45, 7) is 4.10. The standard InChI is InChI=1S/C17H18FN3/c1-4-6-7-8-9-10-16-20-14(3)13-17(21-16)19-12-11-15(18)5-2/h2,4,6-11,13H,12H2,1,3H3,(H,19,20,21)/b6-4-,8-7-,10-9+,15-11+. The summed E-state index contributed by atoms with van der Waals surface area (Å²) < 4.78 is 12.8. The summed E-state index contributed by atoms with van der Waals surface area (Å²) in [5.74, 6) is 2.53. The minimum Gasteiger partial charge on any atom is -0.366 e. The van der Waals surface area contributed by atoms with Crippen molar-refractivity contribution in [2.24, 2.45) is 0 Å². The third-order valence-electron chi connectivity index (χ3n) is 2.34. The first-order valence-corrected chi connectivity index (χ1v) is 6.53. The van der Waals surface area contributed by atoms with E-state index < -0.39 is 5.83 Å². The molecule has 0 saturated carbocycles. The maximum absolute atomic E-state index is 12.8. The Morgan fingerprint density at radius 2 is 2.10 bits per heavy atom. The zero-order valence-electron chi connectivity index (χ0n) is 12.2. The molecule has 0 aliphatic heterocycles. The quantitative estimate of drug-likeness (QED) is 0.637. The lowest BCUT2D eigenvalue weighted by Crippen LogP contribution is -2.03. The number of aromatic nitrogens is 2. The molecular formula is C17H18FN3. The Kier molecular flexibility index (Phi) is 7.23. The molecule has 3 nitrogen and oxygen atoms in total. The predicted molar refractivity (Wildman–Crippen MR) is 86.3 cm³/mol. The van der Waals surface area contributed by atoms with Gasteiger partial charge in [-0.3, -0.25) is 0 Å². The van der Waals surface area contributed by atoms with Crippen LogP contribution in [-0.2, 0) is 0 Å². The normalized spacial score (nSPS) is 12.4. The Labute approximate surface area is 125 Å². The zero-order chi connectivity index (χ0) is 15.5. The first-order chi connectivity index (χ1) is 10.2. The van der Waals surface area contributed by atoms with E-state index in [2.05, 4.69) is 15.3 Å². The van der Waals surface area contributed by atoms with E-state index in [9.17, 15) is 4.39 Å². The van der Waals surface area contributed by atoms with E-state index >= 15 is 0 Å². The van der Waals surface area contributed by atoms with Crippen LogP contribution in [0.1, 0.15) is 18.4 Å². The van der Waals surface area contributed by atoms with Crippen LogP contribution in [0.4, 0.5) is 10.2 Å². The molecule has 0 saturated heterocycles. The number of terminal acetylenes is 1. The second-order valence-corrected chi connectivity index (χ2v) is 4.10. The SMILES string of the molecule is C#C/C(F)=C\CNc1cc(C)nc(/C=C/C=C\C=C/C)n1. The molecule has 1 rings (SSSR count). The molecule has 1 N–H and O–H groups in total. The number of nitrogens with one attached hydrogen (secondary N) is 1. The number of hydrogen-bond acceptors (Lipinski definition) is 3. The van der Waals surface area contributed by atoms with Crippen LogP contribution < -0.4 is 5.32 Å². The molecule has 21 heavy (non-hydrogen) atoms. The first-order valence-electron chi connectivity index (χ1n) is 6.53. The highest BCUT2D eigenvalue weighted by Gasteiger charge is 1.98. The molecule has 1 heterocycles. The fraction of sp³-hybridized carbons (Fsp3) is 0.176. The van der Waals surface area contributed by atoms with Gasteiger partial charge in [-0.05, 0) is 31.9 Å². The van der Waals surface area contributed by atoms with Gasteiger partial charge < -0.3 is 5.32 Å². The van der Waals surface area contributed by atoms with E-state index in [0.717, 1.165) is 5.69 Å². The molecule has 0 aromatic carbocycles. The summed E-state index contributed by atoms with van der Waals surface area (Å²) in [6.07, 6.45) is 17.5. The van der Waals surface area contributed by atoms with Crippen LogP contribution in [0.2, 0.25) is 0 Å². The third-order valence-corrected chi connectivity index (χ3v) is 2.34. The largest absolute Gasteiger partial charge is 0.366 e. The number of anilines is 1. The maximum Gasteiger partial charge on any atom is 0.170 e. The van der Waals surface area contributed by atoms with Crippen molar-refractivity contribution in [1.82, 2.24) is 9.97 Å². The molecule has 1 aromatic rings. The molecule has 0 amide bonds. The highest BCUT2D eigenvalue weighted by molar-refractivity contribution is 5.48. The van der Waals surface area contributed by atoms with Crippen LogP contribution in [0.25, 0.3) is 6.08 Å². The predicted octanol–water partition coefficient (Wildman–Crippen LogP) is 3.83. The summed E-state index contributed by atoms with van der Waals surface area (Å²) in [7, 11) is 0. The van der Waals surface area contributed by atoms with Gasteiger partial charge in [0.1, 0.15) is 5.82 Å². The minimum atomic E-state index is -0.595. The molecule has 1 aromatic heterocycles. The van der Waals surface area contributed by atoms with E-state index in [1.165, 1.54) is 6.08 Å². The molecule has 108 valence electrons. The number of rotatable bonds is 6. The van der Waals surface area contributed by atoms with Gasteiger partial charge >= 0.3 is 0 Å². The first kappa shape index (κ1) is 16.4. The van der Waals surface area contributed by atoms with E-state index in [1.54, 1.807) is 12.1 Å². The minimum absolute atomic E-state index is 0.275. The molecule has 0 spiro atoms. The molecule has 0 unspecified atom stereocenters. The van der Waals surface area contributed by atoms with Crippen molar-refractivity contribution < 1.29 is 4.39 Å². The summed E-state index contributed by atoms with van der Waals surface area (Å²) >= 11 is 0. The Morgan fingerprint density at radius 1 is 1.33 bits per heavy atom. The monoisotopic (exact) mass is 283 g/mol. The van der Waals surface area contributed by atoms with Gasteiger partial charge in [0.05, 0.1) is 0 Å². The molecule has 0 bridgehead atoms. The van der Waals surface area contributed by atoms with E-state index in [0.29, 0.717) is 11.6 Å². The fourth-order valence-corrected chi connectivity index (χ4v) is 1.44. The van der Waals surface area contributed by atoms with Crippen LogP contribution in [0, 0.1) is 19.3 Å². The van der Waals surface area contributed by atoms with E-state index in [4.69, 9.17) is 6.42 Å². The zero-order valence-corrected chi connectivity index (χ0v) is 12.2. The van der Waals surface area contributed by atoms with Crippen LogP contribution >= 0.6 is 0 Å². The summed E-state index contributed by atoms with van der Waals surface area (Å²) in [6, 6.07) is 1.79. The highest BCUT2D eigenvalue weighted by Crippen LogP contribution is 2.07. The lowest BCUT2D eigenvalue weighted by molar-refractivity contribution is 0.672. The average Bonchev–Trinajstić information content (AvgIpc) is 2.46. The molecule has 0 aliphatic rings. The maximum atomic E-state index is 12.8. The molecule has 0 atom stereocenters. The lowest BCUT2D eigenvalue weighted by atomic mass is 10.3. The summed E-state index contributed by atoms with van der Waals surface area (Å²) in [5, 5.41) is 2.98. The topological polar surface area (TPSA) is 37.8 Å². The van der Waals surface area contributed by atoms with Crippen LogP contribution in [0.15, 0.2) is 48.3 Å². The molecule has 4 heteroatoms. The van der Waals surface area contributed by atoms with Crippen molar-refractivity contribution in [3.63, 3.8) is 0 Å². The third kappa shape index (κ3) is 6.88. The fourth-order valence-electron chi connectivity index (χ4n) is 1.44. The second kappa shape index (κ2) is 9.27. The van der Waals surface area contributed by atoms with Gasteiger partial charge in [0.2, 0.25) is 0 Å². The van der Waals surface area contributed by atoms with Gasteiger partial charge in [0.15, 0.2) is 11.7 Å². The van der Waals surface area contributed by atoms with Crippen LogP contribution in [-0.4, -0.2) is 16.5 Å². The molecule has 0 aliphatic carbocycles. The second-order valence-electron chi connectivity index (χ2n) is 4.10. The van der Waals surface area contributed by atoms with Crippen LogP contribution in [0.5, 0.6) is 0 Å².